The topological polar surface area (TPSA) is 139 Å². The molecule has 0 unspecified atom stereocenters. The number of hydrogen-bond donors (Lipinski definition) is 1. The lowest BCUT2D eigenvalue weighted by Gasteiger charge is -2.25. The van der Waals surface area contributed by atoms with Crippen LogP contribution < -0.4 is 34.2 Å². The molecule has 394 valence electrons. The number of oxime groups is 1. The van der Waals surface area contributed by atoms with Gasteiger partial charge in [-0.2, -0.15) is 0 Å². The number of nitrogens with zero attached hydrogens (tertiary/aromatic N) is 4. The lowest BCUT2D eigenvalue weighted by Crippen LogP contribution is -2.41. The van der Waals surface area contributed by atoms with Crippen molar-refractivity contribution in [2.75, 3.05) is 53.1 Å². The van der Waals surface area contributed by atoms with Crippen molar-refractivity contribution >= 4 is 74.1 Å². The van der Waals surface area contributed by atoms with E-state index in [0.29, 0.717) is 72.9 Å². The number of Topliss-reactive ketones (excluding diaryl/α,β-unsaturated/α-hetero) is 1. The van der Waals surface area contributed by atoms with E-state index in [1.165, 1.54) is 11.1 Å². The van der Waals surface area contributed by atoms with Gasteiger partial charge in [-0.05, 0) is 161 Å². The SMILES string of the molecule is CC=NOCCCCC(=O)CCCSSC(C)(C)CCC(=O)Nc1cc(COc2cc3c(cc2C)C(=O)N2c4ccccc4C[C@H]2CN3C)cc(COc2cc3c(cc2OC)C(=O)N2c4ccccc4C[C@H]2CC3)c1. The van der Waals surface area contributed by atoms with Gasteiger partial charge in [0.05, 0.1) is 24.4 Å². The summed E-state index contributed by atoms with van der Waals surface area (Å²) in [7, 11) is 7.12. The summed E-state index contributed by atoms with van der Waals surface area (Å²) in [5, 5.41) is 6.92. The maximum absolute atomic E-state index is 14.2. The first kappa shape index (κ1) is 53.4. The predicted octanol–water partition coefficient (Wildman–Crippen LogP) is 12.1. The minimum absolute atomic E-state index is 0.00692. The first-order chi connectivity index (χ1) is 36.3. The van der Waals surface area contributed by atoms with E-state index in [-0.39, 0.29) is 53.5 Å². The van der Waals surface area contributed by atoms with Crippen molar-refractivity contribution in [1.29, 1.82) is 0 Å². The molecule has 4 aliphatic rings. The second-order valence-electron chi connectivity index (χ2n) is 20.7. The van der Waals surface area contributed by atoms with Crippen LogP contribution in [0.2, 0.25) is 0 Å². The number of anilines is 4. The van der Waals surface area contributed by atoms with Crippen molar-refractivity contribution in [2.45, 2.75) is 128 Å². The zero-order valence-corrected chi connectivity index (χ0v) is 45.7. The van der Waals surface area contributed by atoms with Gasteiger partial charge in [0, 0.05) is 84.3 Å². The Morgan fingerprint density at radius 3 is 2.15 bits per heavy atom. The number of amides is 3. The van der Waals surface area contributed by atoms with E-state index in [2.05, 4.69) is 41.4 Å². The minimum atomic E-state index is -0.176. The van der Waals surface area contributed by atoms with Crippen molar-refractivity contribution in [1.82, 2.24) is 0 Å². The van der Waals surface area contributed by atoms with Crippen LogP contribution in [0.25, 0.3) is 0 Å². The fourth-order valence-electron chi connectivity index (χ4n) is 10.7. The van der Waals surface area contributed by atoms with Crippen LogP contribution in [0, 0.1) is 6.92 Å². The van der Waals surface area contributed by atoms with Crippen molar-refractivity contribution < 1.29 is 38.2 Å². The Bertz CT molecular complexity index is 2960. The van der Waals surface area contributed by atoms with Gasteiger partial charge in [0.2, 0.25) is 5.91 Å². The second-order valence-corrected chi connectivity index (χ2v) is 23.8. The van der Waals surface area contributed by atoms with E-state index in [1.807, 2.05) is 103 Å². The monoisotopic (exact) mass is 1050 g/mol. The molecule has 0 bridgehead atoms. The molecule has 4 aliphatic heterocycles. The van der Waals surface area contributed by atoms with Crippen molar-refractivity contribution in [3.05, 3.63) is 136 Å². The molecule has 0 saturated carbocycles. The highest BCUT2D eigenvalue weighted by Crippen LogP contribution is 2.43. The number of ether oxygens (including phenoxy) is 3. The molecule has 5 aromatic rings. The van der Waals surface area contributed by atoms with Gasteiger partial charge in [-0.25, -0.2) is 0 Å². The maximum Gasteiger partial charge on any atom is 0.260 e. The smallest absolute Gasteiger partial charge is 0.260 e. The molecule has 5 aromatic carbocycles. The lowest BCUT2D eigenvalue weighted by molar-refractivity contribution is -0.119. The van der Waals surface area contributed by atoms with Gasteiger partial charge < -0.3 is 39.1 Å². The number of benzene rings is 5. The predicted molar refractivity (Wildman–Crippen MR) is 303 cm³/mol. The number of likely N-dealkylation sites (N-methyl/N-ethyl adjacent to an activating group) is 1. The number of nitrogens with one attached hydrogen (secondary N) is 1. The van der Waals surface area contributed by atoms with Crippen LogP contribution >= 0.6 is 21.6 Å². The Morgan fingerprint density at radius 1 is 0.760 bits per heavy atom. The number of unbranched alkanes of at least 4 members (excludes halogenated alkanes) is 1. The first-order valence-corrected chi connectivity index (χ1v) is 28.6. The Labute approximate surface area is 449 Å². The highest BCUT2D eigenvalue weighted by Gasteiger charge is 2.40. The van der Waals surface area contributed by atoms with Gasteiger partial charge in [-0.3, -0.25) is 19.2 Å². The number of hydrogen-bond acceptors (Lipinski definition) is 12. The van der Waals surface area contributed by atoms with Gasteiger partial charge in [-0.1, -0.05) is 63.1 Å². The Kier molecular flexibility index (Phi) is 17.1. The fraction of sp³-hybridized carbons (Fsp3) is 0.417. The maximum atomic E-state index is 14.2. The molecule has 3 amide bonds. The highest BCUT2D eigenvalue weighted by atomic mass is 33.1. The summed E-state index contributed by atoms with van der Waals surface area (Å²) in [6.07, 6.45) is 9.35. The van der Waals surface area contributed by atoms with E-state index < -0.39 is 0 Å². The number of para-hydroxylation sites is 2. The second kappa shape index (κ2) is 24.0. The molecule has 4 heterocycles. The van der Waals surface area contributed by atoms with Crippen LogP contribution in [0.3, 0.4) is 0 Å². The summed E-state index contributed by atoms with van der Waals surface area (Å²) in [6.45, 7) is 9.63. The number of fused-ring (bicyclic) bond motifs is 8. The van der Waals surface area contributed by atoms with Crippen LogP contribution in [0.15, 0.2) is 96.2 Å². The largest absolute Gasteiger partial charge is 0.493 e. The minimum Gasteiger partial charge on any atom is -0.493 e. The summed E-state index contributed by atoms with van der Waals surface area (Å²) in [5.74, 6) is 2.67. The van der Waals surface area contributed by atoms with Crippen LogP contribution in [0.4, 0.5) is 22.7 Å². The average molecular weight is 1050 g/mol. The molecule has 15 heteroatoms. The fourth-order valence-corrected chi connectivity index (χ4v) is 13.4. The number of carbonyl (C=O) groups is 4. The molecule has 0 aliphatic carbocycles. The average Bonchev–Trinajstić information content (AvgIpc) is 3.93. The number of rotatable bonds is 23. The van der Waals surface area contributed by atoms with E-state index in [9.17, 15) is 19.2 Å². The zero-order valence-electron chi connectivity index (χ0n) is 44.1. The summed E-state index contributed by atoms with van der Waals surface area (Å²) in [4.78, 5) is 65.7. The van der Waals surface area contributed by atoms with Gasteiger partial charge >= 0.3 is 0 Å². The summed E-state index contributed by atoms with van der Waals surface area (Å²) in [5.41, 5.74) is 10.5. The molecule has 1 N–H and O–H groups in total. The Hall–Kier alpha value is -6.45. The molecule has 2 atom stereocenters. The van der Waals surface area contributed by atoms with Crippen LogP contribution in [0.1, 0.15) is 126 Å². The summed E-state index contributed by atoms with van der Waals surface area (Å²) < 4.78 is 18.9. The third-order valence-corrected chi connectivity index (χ3v) is 18.0. The van der Waals surface area contributed by atoms with Crippen molar-refractivity contribution in [3.8, 4) is 17.2 Å². The van der Waals surface area contributed by atoms with E-state index in [0.717, 1.165) is 90.0 Å². The molecule has 13 nitrogen and oxygen atoms in total. The van der Waals surface area contributed by atoms with Gasteiger partial charge in [0.15, 0.2) is 11.5 Å². The highest BCUT2D eigenvalue weighted by molar-refractivity contribution is 8.77. The van der Waals surface area contributed by atoms with Gasteiger partial charge in [0.1, 0.15) is 31.4 Å². The van der Waals surface area contributed by atoms with Gasteiger partial charge in [-0.15, -0.1) is 0 Å². The van der Waals surface area contributed by atoms with Crippen molar-refractivity contribution in [3.63, 3.8) is 0 Å². The number of carbonyl (C=O) groups excluding carboxylic acids is 4. The molecular formula is C60H69N5O8S2. The third-order valence-electron chi connectivity index (χ3n) is 14.5. The van der Waals surface area contributed by atoms with Gasteiger partial charge in [0.25, 0.3) is 11.8 Å². The Morgan fingerprint density at radius 2 is 1.43 bits per heavy atom. The van der Waals surface area contributed by atoms with Crippen LogP contribution in [0.5, 0.6) is 17.2 Å². The molecule has 0 fully saturated rings. The van der Waals surface area contributed by atoms with E-state index >= 15 is 0 Å². The summed E-state index contributed by atoms with van der Waals surface area (Å²) in [6, 6.07) is 30.0. The Balaban J connectivity index is 0.878. The van der Waals surface area contributed by atoms with Crippen LogP contribution in [-0.4, -0.2) is 79.6 Å². The molecule has 0 spiro atoms. The molecule has 0 aromatic heterocycles. The van der Waals surface area contributed by atoms with Crippen molar-refractivity contribution in [2.24, 2.45) is 5.16 Å². The normalized spacial score (nSPS) is 16.6. The molecule has 0 radical (unpaired) electrons. The van der Waals surface area contributed by atoms with E-state index in [1.54, 1.807) is 41.8 Å². The molecule has 0 saturated heterocycles. The molecule has 75 heavy (non-hydrogen) atoms. The number of ketones is 1. The molecule has 9 rings (SSSR count). The standard InChI is InChI=1S/C60H69N5O8S2/c1-7-61-73-25-13-12-17-48(66)18-14-26-74-75-60(3,4)24-23-57(67)62-45-29-40(37-71-54-35-53-50(27-39(54)2)59(69)65-47(36-63(53)5)32-44-16-9-11-20-52(44)65)28-41(30-45)38-72-56-33-42-21-22-46-31-43-15-8-10-19-51(43)64(46)58(68)49(42)34-55(56)70-6/h7-11,15-16,19-20,27-30,33-35,46-47H,12-14,17-18,21-26,31-32,36-38H2,1-6H3,(H,62,67)/t46-,47+/m1/s1. The number of methoxy groups -OCH3 is 1. The number of aryl methyl sites for hydroxylation is 2. The first-order valence-electron chi connectivity index (χ1n) is 26.3. The lowest BCUT2D eigenvalue weighted by atomic mass is 9.99. The quantitative estimate of drug-likeness (QED) is 0.0289. The molecular weight excluding hydrogens is 983 g/mol. The van der Waals surface area contributed by atoms with E-state index in [4.69, 9.17) is 19.0 Å². The van der Waals surface area contributed by atoms with Crippen LogP contribution in [-0.2, 0) is 46.9 Å². The summed E-state index contributed by atoms with van der Waals surface area (Å²) >= 11 is 0. The zero-order chi connectivity index (χ0) is 52.6. The third kappa shape index (κ3) is 12.6.